The SMILES string of the molecule is CCc1c(C)nc2n(c1=O)CN(CCCN(C)C)CN2c1cccc(C(F)(F)F)c1. The summed E-state index contributed by atoms with van der Waals surface area (Å²) in [7, 11) is 3.98. The van der Waals surface area contributed by atoms with Crippen LogP contribution >= 0.6 is 0 Å². The van der Waals surface area contributed by atoms with Crippen LogP contribution in [0.4, 0.5) is 24.8 Å². The topological polar surface area (TPSA) is 44.6 Å². The van der Waals surface area contributed by atoms with Crippen LogP contribution in [0.1, 0.15) is 30.2 Å². The van der Waals surface area contributed by atoms with Crippen LogP contribution in [0.25, 0.3) is 0 Å². The normalized spacial score (nSPS) is 15.0. The summed E-state index contributed by atoms with van der Waals surface area (Å²) >= 11 is 0. The van der Waals surface area contributed by atoms with Gasteiger partial charge >= 0.3 is 6.18 Å². The molecule has 0 radical (unpaired) electrons. The molecule has 0 atom stereocenters. The Morgan fingerprint density at radius 2 is 1.93 bits per heavy atom. The van der Waals surface area contributed by atoms with Gasteiger partial charge in [0.05, 0.1) is 18.9 Å². The fraction of sp³-hybridized carbons (Fsp3) is 0.524. The summed E-state index contributed by atoms with van der Waals surface area (Å²) in [4.78, 5) is 23.5. The molecular weight excluding hydrogens is 395 g/mol. The van der Waals surface area contributed by atoms with Gasteiger partial charge < -0.3 is 4.90 Å². The molecule has 3 rings (SSSR count). The summed E-state index contributed by atoms with van der Waals surface area (Å²) in [5, 5.41) is 0. The lowest BCUT2D eigenvalue weighted by atomic mass is 10.1. The highest BCUT2D eigenvalue weighted by molar-refractivity contribution is 5.59. The van der Waals surface area contributed by atoms with Gasteiger partial charge in [0.15, 0.2) is 0 Å². The second-order valence-electron chi connectivity index (χ2n) is 7.87. The van der Waals surface area contributed by atoms with E-state index in [1.807, 2.05) is 21.0 Å². The van der Waals surface area contributed by atoms with E-state index in [0.717, 1.165) is 31.6 Å². The quantitative estimate of drug-likeness (QED) is 0.712. The van der Waals surface area contributed by atoms with Gasteiger partial charge in [0.1, 0.15) is 0 Å². The first-order valence-corrected chi connectivity index (χ1v) is 10.0. The van der Waals surface area contributed by atoms with Crippen molar-refractivity contribution in [2.45, 2.75) is 39.5 Å². The number of aromatic nitrogens is 2. The van der Waals surface area contributed by atoms with E-state index in [1.165, 1.54) is 6.07 Å². The van der Waals surface area contributed by atoms with Crippen LogP contribution < -0.4 is 10.5 Å². The molecule has 0 unspecified atom stereocenters. The van der Waals surface area contributed by atoms with Crippen LogP contribution in [0, 0.1) is 6.92 Å². The molecule has 1 aromatic heterocycles. The third-order valence-electron chi connectivity index (χ3n) is 5.29. The molecule has 0 saturated carbocycles. The molecule has 0 amide bonds. The zero-order valence-corrected chi connectivity index (χ0v) is 17.8. The largest absolute Gasteiger partial charge is 0.416 e. The van der Waals surface area contributed by atoms with Gasteiger partial charge in [0.25, 0.3) is 5.56 Å². The minimum atomic E-state index is -4.44. The zero-order valence-electron chi connectivity index (χ0n) is 17.8. The highest BCUT2D eigenvalue weighted by Gasteiger charge is 2.32. The molecule has 1 aliphatic rings. The Hall–Kier alpha value is -2.39. The Morgan fingerprint density at radius 1 is 1.20 bits per heavy atom. The van der Waals surface area contributed by atoms with Crippen molar-refractivity contribution < 1.29 is 13.2 Å². The average Bonchev–Trinajstić information content (AvgIpc) is 2.67. The number of aryl methyl sites for hydroxylation is 1. The molecule has 2 aromatic rings. The molecule has 0 fully saturated rings. The van der Waals surface area contributed by atoms with E-state index >= 15 is 0 Å². The monoisotopic (exact) mass is 423 g/mol. The van der Waals surface area contributed by atoms with E-state index in [4.69, 9.17) is 0 Å². The third-order valence-corrected chi connectivity index (χ3v) is 5.29. The molecule has 1 aliphatic heterocycles. The highest BCUT2D eigenvalue weighted by atomic mass is 19.4. The molecule has 0 spiro atoms. The summed E-state index contributed by atoms with van der Waals surface area (Å²) in [6.45, 7) is 6.02. The number of rotatable bonds is 6. The first kappa shape index (κ1) is 22.3. The van der Waals surface area contributed by atoms with Crippen molar-refractivity contribution in [3.05, 3.63) is 51.4 Å². The highest BCUT2D eigenvalue weighted by Crippen LogP contribution is 2.34. The minimum absolute atomic E-state index is 0.130. The van der Waals surface area contributed by atoms with Gasteiger partial charge in [0, 0.05) is 23.5 Å². The smallest absolute Gasteiger partial charge is 0.309 e. The average molecular weight is 423 g/mol. The number of hydrogen-bond donors (Lipinski definition) is 0. The molecule has 9 heteroatoms. The lowest BCUT2D eigenvalue weighted by Crippen LogP contribution is -2.48. The molecule has 0 aliphatic carbocycles. The summed E-state index contributed by atoms with van der Waals surface area (Å²) in [5.74, 6) is 0.387. The van der Waals surface area contributed by atoms with Crippen LogP contribution in [0.15, 0.2) is 29.1 Å². The predicted octanol–water partition coefficient (Wildman–Crippen LogP) is 3.45. The second kappa shape index (κ2) is 8.77. The second-order valence-corrected chi connectivity index (χ2v) is 7.87. The van der Waals surface area contributed by atoms with Crippen molar-refractivity contribution in [2.24, 2.45) is 0 Å². The Bertz CT molecular complexity index is 955. The van der Waals surface area contributed by atoms with E-state index in [1.54, 1.807) is 22.5 Å². The van der Waals surface area contributed by atoms with Crippen LogP contribution in [-0.4, -0.2) is 53.2 Å². The molecule has 2 heterocycles. The number of nitrogens with zero attached hydrogens (tertiary/aromatic N) is 5. The summed E-state index contributed by atoms with van der Waals surface area (Å²) in [6, 6.07) is 5.17. The van der Waals surface area contributed by atoms with E-state index in [9.17, 15) is 18.0 Å². The zero-order chi connectivity index (χ0) is 22.1. The Balaban J connectivity index is 2.05. The number of anilines is 2. The van der Waals surface area contributed by atoms with E-state index < -0.39 is 11.7 Å². The fourth-order valence-electron chi connectivity index (χ4n) is 3.73. The van der Waals surface area contributed by atoms with Gasteiger partial charge in [-0.05, 0) is 58.6 Å². The molecular formula is C21H28F3N5O. The minimum Gasteiger partial charge on any atom is -0.309 e. The Labute approximate surface area is 174 Å². The number of fused-ring (bicyclic) bond motifs is 1. The lowest BCUT2D eigenvalue weighted by Gasteiger charge is -2.38. The van der Waals surface area contributed by atoms with Gasteiger partial charge in [-0.3, -0.25) is 19.2 Å². The van der Waals surface area contributed by atoms with Crippen molar-refractivity contribution in [2.75, 3.05) is 38.8 Å². The summed E-state index contributed by atoms with van der Waals surface area (Å²) in [6.07, 6.45) is -3.00. The Kier molecular flexibility index (Phi) is 6.52. The van der Waals surface area contributed by atoms with Crippen LogP contribution in [0.5, 0.6) is 0 Å². The van der Waals surface area contributed by atoms with Gasteiger partial charge in [-0.15, -0.1) is 0 Å². The van der Waals surface area contributed by atoms with Crippen molar-refractivity contribution in [3.8, 4) is 0 Å². The van der Waals surface area contributed by atoms with Crippen molar-refractivity contribution in [1.82, 2.24) is 19.4 Å². The summed E-state index contributed by atoms with van der Waals surface area (Å²) < 4.78 is 41.4. The van der Waals surface area contributed by atoms with E-state index in [2.05, 4.69) is 14.8 Å². The van der Waals surface area contributed by atoms with Crippen LogP contribution in [0.3, 0.4) is 0 Å². The maximum atomic E-state index is 13.3. The molecule has 30 heavy (non-hydrogen) atoms. The first-order chi connectivity index (χ1) is 14.1. The van der Waals surface area contributed by atoms with Gasteiger partial charge in [0.2, 0.25) is 5.95 Å². The van der Waals surface area contributed by atoms with Crippen molar-refractivity contribution in [3.63, 3.8) is 0 Å². The van der Waals surface area contributed by atoms with Gasteiger partial charge in [-0.2, -0.15) is 13.2 Å². The first-order valence-electron chi connectivity index (χ1n) is 10.0. The maximum absolute atomic E-state index is 13.3. The van der Waals surface area contributed by atoms with Gasteiger partial charge in [-0.1, -0.05) is 13.0 Å². The van der Waals surface area contributed by atoms with Crippen molar-refractivity contribution >= 4 is 11.6 Å². The molecule has 0 bridgehead atoms. The number of alkyl halides is 3. The molecule has 1 aromatic carbocycles. The third kappa shape index (κ3) is 4.67. The molecule has 6 nitrogen and oxygen atoms in total. The fourth-order valence-corrected chi connectivity index (χ4v) is 3.73. The molecule has 164 valence electrons. The van der Waals surface area contributed by atoms with Crippen LogP contribution in [-0.2, 0) is 19.3 Å². The van der Waals surface area contributed by atoms with Crippen molar-refractivity contribution in [1.29, 1.82) is 0 Å². The van der Waals surface area contributed by atoms with Crippen LogP contribution in [0.2, 0.25) is 0 Å². The number of halogens is 3. The summed E-state index contributed by atoms with van der Waals surface area (Å²) in [5.41, 5.74) is 0.769. The standard InChI is InChI=1S/C21H28F3N5O/c1-5-18-15(2)25-20-28(17-9-6-8-16(12-17)21(22,23)24)13-27(11-7-10-26(3)4)14-29(20)19(18)30/h6,8-9,12H,5,7,10-11,13-14H2,1-4H3. The van der Waals surface area contributed by atoms with E-state index in [0.29, 0.717) is 42.7 Å². The molecule has 0 N–H and O–H groups in total. The Morgan fingerprint density at radius 3 is 2.57 bits per heavy atom. The lowest BCUT2D eigenvalue weighted by molar-refractivity contribution is -0.137. The number of hydrogen-bond acceptors (Lipinski definition) is 5. The predicted molar refractivity (Wildman–Crippen MR) is 111 cm³/mol. The molecule has 0 saturated heterocycles. The van der Waals surface area contributed by atoms with E-state index in [-0.39, 0.29) is 5.56 Å². The maximum Gasteiger partial charge on any atom is 0.416 e. The number of benzene rings is 1. The van der Waals surface area contributed by atoms with Gasteiger partial charge in [-0.25, -0.2) is 4.98 Å².